The second-order valence-corrected chi connectivity index (χ2v) is 6.45. The van der Waals surface area contributed by atoms with Gasteiger partial charge in [0, 0.05) is 5.39 Å². The number of aromatic nitrogens is 1. The zero-order valence-electron chi connectivity index (χ0n) is 14.6. The molecule has 0 aliphatic carbocycles. The van der Waals surface area contributed by atoms with E-state index in [-0.39, 0.29) is 17.2 Å². The average Bonchev–Trinajstić information content (AvgIpc) is 2.71. The SMILES string of the molecule is COc1ccc2nc(Cl)c(C(=O)NCC3COc4ccccc4O3)cc2c1. The molecule has 1 aliphatic heterocycles. The Morgan fingerprint density at radius 3 is 2.89 bits per heavy atom. The summed E-state index contributed by atoms with van der Waals surface area (Å²) in [5, 5.41) is 3.76. The molecule has 1 amide bonds. The van der Waals surface area contributed by atoms with Crippen molar-refractivity contribution in [2.24, 2.45) is 0 Å². The van der Waals surface area contributed by atoms with E-state index in [1.807, 2.05) is 30.3 Å². The number of para-hydroxylation sites is 2. The van der Waals surface area contributed by atoms with Crippen LogP contribution in [0.25, 0.3) is 10.9 Å². The van der Waals surface area contributed by atoms with Crippen molar-refractivity contribution in [3.05, 3.63) is 59.2 Å². The van der Waals surface area contributed by atoms with Crippen LogP contribution in [0, 0.1) is 0 Å². The molecule has 7 heteroatoms. The molecule has 1 aromatic heterocycles. The van der Waals surface area contributed by atoms with Crippen LogP contribution in [0.5, 0.6) is 17.2 Å². The molecule has 0 radical (unpaired) electrons. The van der Waals surface area contributed by atoms with Gasteiger partial charge in [-0.1, -0.05) is 23.7 Å². The first-order valence-corrected chi connectivity index (χ1v) is 8.83. The highest BCUT2D eigenvalue weighted by Crippen LogP contribution is 2.30. The number of carbonyl (C=O) groups is 1. The fraction of sp³-hybridized carbons (Fsp3) is 0.200. The van der Waals surface area contributed by atoms with Crippen LogP contribution in [0.3, 0.4) is 0 Å². The molecule has 1 aliphatic rings. The lowest BCUT2D eigenvalue weighted by molar-refractivity contribution is 0.0789. The zero-order chi connectivity index (χ0) is 18.8. The van der Waals surface area contributed by atoms with E-state index < -0.39 is 0 Å². The van der Waals surface area contributed by atoms with Gasteiger partial charge in [-0.3, -0.25) is 4.79 Å². The monoisotopic (exact) mass is 384 g/mol. The van der Waals surface area contributed by atoms with Gasteiger partial charge in [0.15, 0.2) is 11.5 Å². The summed E-state index contributed by atoms with van der Waals surface area (Å²) in [6, 6.07) is 14.5. The normalized spacial score (nSPS) is 15.4. The largest absolute Gasteiger partial charge is 0.497 e. The molecule has 138 valence electrons. The Morgan fingerprint density at radius 1 is 1.26 bits per heavy atom. The number of fused-ring (bicyclic) bond motifs is 2. The lowest BCUT2D eigenvalue weighted by Gasteiger charge is -2.26. The van der Waals surface area contributed by atoms with Crippen molar-refractivity contribution in [2.45, 2.75) is 6.10 Å². The summed E-state index contributed by atoms with van der Waals surface area (Å²) in [6.45, 7) is 0.651. The minimum absolute atomic E-state index is 0.149. The number of pyridine rings is 1. The maximum absolute atomic E-state index is 12.6. The molecule has 1 N–H and O–H groups in total. The number of methoxy groups -OCH3 is 1. The number of benzene rings is 2. The Kier molecular flexibility index (Phi) is 4.73. The van der Waals surface area contributed by atoms with Gasteiger partial charge in [0.2, 0.25) is 0 Å². The molecule has 0 spiro atoms. The van der Waals surface area contributed by atoms with Crippen LogP contribution in [0.4, 0.5) is 0 Å². The number of nitrogens with one attached hydrogen (secondary N) is 1. The van der Waals surface area contributed by atoms with Crippen molar-refractivity contribution in [1.82, 2.24) is 10.3 Å². The lowest BCUT2D eigenvalue weighted by Crippen LogP contribution is -2.40. The molecular formula is C20H17ClN2O4. The van der Waals surface area contributed by atoms with Gasteiger partial charge >= 0.3 is 0 Å². The summed E-state index contributed by atoms with van der Waals surface area (Å²) in [7, 11) is 1.59. The van der Waals surface area contributed by atoms with Gasteiger partial charge in [-0.2, -0.15) is 0 Å². The number of hydrogen-bond donors (Lipinski definition) is 1. The Hall–Kier alpha value is -2.99. The molecule has 4 rings (SSSR count). The van der Waals surface area contributed by atoms with Gasteiger partial charge in [0.1, 0.15) is 23.6 Å². The fourth-order valence-electron chi connectivity index (χ4n) is 2.88. The number of halogens is 1. The van der Waals surface area contributed by atoms with Crippen LogP contribution in [0.1, 0.15) is 10.4 Å². The fourth-order valence-corrected chi connectivity index (χ4v) is 3.11. The summed E-state index contributed by atoms with van der Waals surface area (Å²) in [6.07, 6.45) is -0.281. The third-order valence-corrected chi connectivity index (χ3v) is 4.57. The Morgan fingerprint density at radius 2 is 2.07 bits per heavy atom. The third-order valence-electron chi connectivity index (χ3n) is 4.28. The van der Waals surface area contributed by atoms with Gasteiger partial charge in [-0.25, -0.2) is 4.98 Å². The van der Waals surface area contributed by atoms with E-state index in [9.17, 15) is 4.79 Å². The van der Waals surface area contributed by atoms with Crippen molar-refractivity contribution in [1.29, 1.82) is 0 Å². The average molecular weight is 385 g/mol. The summed E-state index contributed by atoms with van der Waals surface area (Å²) in [5.41, 5.74) is 0.993. The van der Waals surface area contributed by atoms with Crippen LogP contribution in [0.2, 0.25) is 5.15 Å². The molecule has 2 aromatic carbocycles. The lowest BCUT2D eigenvalue weighted by atomic mass is 10.1. The molecule has 6 nitrogen and oxygen atoms in total. The van der Waals surface area contributed by atoms with E-state index >= 15 is 0 Å². The number of ether oxygens (including phenoxy) is 3. The van der Waals surface area contributed by atoms with Crippen molar-refractivity contribution in [2.75, 3.05) is 20.3 Å². The van der Waals surface area contributed by atoms with Crippen LogP contribution in [0.15, 0.2) is 48.5 Å². The predicted molar refractivity (Wildman–Crippen MR) is 102 cm³/mol. The molecule has 27 heavy (non-hydrogen) atoms. The summed E-state index contributed by atoms with van der Waals surface area (Å²) < 4.78 is 16.7. The van der Waals surface area contributed by atoms with Crippen molar-refractivity contribution in [3.63, 3.8) is 0 Å². The number of nitrogens with zero attached hydrogens (tertiary/aromatic N) is 1. The molecule has 0 bridgehead atoms. The highest BCUT2D eigenvalue weighted by Gasteiger charge is 2.22. The topological polar surface area (TPSA) is 69.7 Å². The van der Waals surface area contributed by atoms with Crippen molar-refractivity contribution < 1.29 is 19.0 Å². The summed E-state index contributed by atoms with van der Waals surface area (Å²) in [5.74, 6) is 1.74. The molecular weight excluding hydrogens is 368 g/mol. The number of rotatable bonds is 4. The summed E-state index contributed by atoms with van der Waals surface area (Å²) in [4.78, 5) is 16.9. The van der Waals surface area contributed by atoms with Gasteiger partial charge in [0.25, 0.3) is 5.91 Å². The second kappa shape index (κ2) is 7.32. The first kappa shape index (κ1) is 17.4. The Labute approximate surface area is 161 Å². The molecule has 3 aromatic rings. The molecule has 1 atom stereocenters. The van der Waals surface area contributed by atoms with E-state index in [0.717, 1.165) is 5.39 Å². The van der Waals surface area contributed by atoms with E-state index in [4.69, 9.17) is 25.8 Å². The smallest absolute Gasteiger partial charge is 0.254 e. The maximum Gasteiger partial charge on any atom is 0.254 e. The van der Waals surface area contributed by atoms with E-state index in [1.165, 1.54) is 0 Å². The number of hydrogen-bond acceptors (Lipinski definition) is 5. The minimum atomic E-state index is -0.320. The number of amides is 1. The predicted octanol–water partition coefficient (Wildman–Crippen LogP) is 3.47. The van der Waals surface area contributed by atoms with Gasteiger partial charge in [-0.15, -0.1) is 0 Å². The maximum atomic E-state index is 12.6. The quantitative estimate of drug-likeness (QED) is 0.697. The van der Waals surface area contributed by atoms with Gasteiger partial charge in [-0.05, 0) is 36.4 Å². The Balaban J connectivity index is 1.47. The van der Waals surface area contributed by atoms with Crippen molar-refractivity contribution in [3.8, 4) is 17.2 Å². The third kappa shape index (κ3) is 3.61. The molecule has 0 saturated carbocycles. The van der Waals surface area contributed by atoms with Gasteiger partial charge in [0.05, 0.1) is 24.7 Å². The van der Waals surface area contributed by atoms with Crippen LogP contribution in [-0.4, -0.2) is 37.3 Å². The Bertz CT molecular complexity index is 1010. The van der Waals surface area contributed by atoms with Crippen molar-refractivity contribution >= 4 is 28.4 Å². The minimum Gasteiger partial charge on any atom is -0.497 e. The zero-order valence-corrected chi connectivity index (χ0v) is 15.3. The molecule has 0 fully saturated rings. The molecule has 1 unspecified atom stereocenters. The van der Waals surface area contributed by atoms with E-state index in [0.29, 0.717) is 41.5 Å². The second-order valence-electron chi connectivity index (χ2n) is 6.09. The molecule has 2 heterocycles. The first-order valence-electron chi connectivity index (χ1n) is 8.45. The van der Waals surface area contributed by atoms with Crippen LogP contribution in [-0.2, 0) is 0 Å². The van der Waals surface area contributed by atoms with E-state index in [2.05, 4.69) is 10.3 Å². The van der Waals surface area contributed by atoms with Crippen LogP contribution >= 0.6 is 11.6 Å². The molecule has 0 saturated heterocycles. The van der Waals surface area contributed by atoms with E-state index in [1.54, 1.807) is 25.3 Å². The highest BCUT2D eigenvalue weighted by molar-refractivity contribution is 6.33. The summed E-state index contributed by atoms with van der Waals surface area (Å²) >= 11 is 6.20. The standard InChI is InChI=1S/C20H17ClN2O4/c1-25-13-6-7-16-12(8-13)9-15(19(21)23-16)20(24)22-10-14-11-26-17-4-2-3-5-18(17)27-14/h2-9,14H,10-11H2,1H3,(H,22,24). The number of carbonyl (C=O) groups excluding carboxylic acids is 1. The highest BCUT2D eigenvalue weighted by atomic mass is 35.5. The van der Waals surface area contributed by atoms with Gasteiger partial charge < -0.3 is 19.5 Å². The first-order chi connectivity index (χ1) is 13.1. The van der Waals surface area contributed by atoms with Crippen LogP contribution < -0.4 is 19.5 Å².